The molecule has 0 spiro atoms. The largest absolute Gasteiger partial charge is 0.464 e. The minimum atomic E-state index is -0.271. The van der Waals surface area contributed by atoms with Gasteiger partial charge in [0.1, 0.15) is 5.58 Å². The van der Waals surface area contributed by atoms with Crippen LogP contribution in [-0.2, 0) is 5.41 Å². The van der Waals surface area contributed by atoms with E-state index < -0.39 is 0 Å². The first-order valence-electron chi connectivity index (χ1n) is 5.24. The first kappa shape index (κ1) is 8.55. The molecular weight excluding hydrogens is 186 g/mol. The maximum Gasteiger partial charge on any atom is 0.134 e. The average Bonchev–Trinajstić information content (AvgIpc) is 2.62. The van der Waals surface area contributed by atoms with E-state index >= 15 is 0 Å². The Bertz CT molecular complexity index is 543. The lowest BCUT2D eigenvalue weighted by Gasteiger charge is -2.34. The number of hydrogen-bond acceptors (Lipinski definition) is 2. The van der Waals surface area contributed by atoms with Gasteiger partial charge in [0.25, 0.3) is 0 Å². The molecular formula is C13H11NO. The molecule has 0 radical (unpaired) electrons. The Morgan fingerprint density at radius 3 is 2.73 bits per heavy atom. The van der Waals surface area contributed by atoms with E-state index in [0.29, 0.717) is 0 Å². The Morgan fingerprint density at radius 2 is 2.07 bits per heavy atom. The van der Waals surface area contributed by atoms with Crippen LogP contribution in [0.2, 0.25) is 0 Å². The summed E-state index contributed by atoms with van der Waals surface area (Å²) in [5.41, 5.74) is 1.69. The van der Waals surface area contributed by atoms with Gasteiger partial charge >= 0.3 is 0 Å². The van der Waals surface area contributed by atoms with Crippen molar-refractivity contribution in [3.63, 3.8) is 0 Å². The first-order chi connectivity index (χ1) is 7.36. The minimum absolute atomic E-state index is 0.271. The van der Waals surface area contributed by atoms with Crippen molar-refractivity contribution in [3.8, 4) is 6.07 Å². The molecule has 0 N–H and O–H groups in total. The molecule has 74 valence electrons. The number of hydrogen-bond donors (Lipinski definition) is 0. The maximum absolute atomic E-state index is 9.28. The van der Waals surface area contributed by atoms with E-state index in [1.54, 1.807) is 6.26 Å². The lowest BCUT2D eigenvalue weighted by Crippen LogP contribution is -2.31. The molecule has 1 aromatic heterocycles. The summed E-state index contributed by atoms with van der Waals surface area (Å²) in [7, 11) is 0. The van der Waals surface area contributed by atoms with E-state index in [1.807, 2.05) is 24.3 Å². The molecule has 2 nitrogen and oxygen atoms in total. The Morgan fingerprint density at radius 1 is 1.27 bits per heavy atom. The number of rotatable bonds is 1. The third-order valence-electron chi connectivity index (χ3n) is 3.42. The molecule has 3 rings (SSSR count). The van der Waals surface area contributed by atoms with Crippen LogP contribution < -0.4 is 0 Å². The normalized spacial score (nSPS) is 18.3. The summed E-state index contributed by atoms with van der Waals surface area (Å²) in [5.74, 6) is 0. The van der Waals surface area contributed by atoms with Crippen molar-refractivity contribution in [3.05, 3.63) is 36.1 Å². The fourth-order valence-corrected chi connectivity index (χ4v) is 2.32. The van der Waals surface area contributed by atoms with Gasteiger partial charge in [-0.3, -0.25) is 0 Å². The van der Waals surface area contributed by atoms with Gasteiger partial charge in [-0.15, -0.1) is 0 Å². The van der Waals surface area contributed by atoms with E-state index in [2.05, 4.69) is 6.07 Å². The fourth-order valence-electron chi connectivity index (χ4n) is 2.32. The molecule has 0 atom stereocenters. The molecule has 0 aliphatic heterocycles. The number of nitrogens with zero attached hydrogens (tertiary/aromatic N) is 1. The Labute approximate surface area is 88.1 Å². The van der Waals surface area contributed by atoms with Crippen LogP contribution in [0.4, 0.5) is 0 Å². The quantitative estimate of drug-likeness (QED) is 0.702. The number of fused-ring (bicyclic) bond motifs is 1. The van der Waals surface area contributed by atoms with Crippen LogP contribution in [0, 0.1) is 11.3 Å². The topological polar surface area (TPSA) is 36.9 Å². The van der Waals surface area contributed by atoms with Crippen LogP contribution >= 0.6 is 0 Å². The molecule has 1 aliphatic carbocycles. The zero-order valence-electron chi connectivity index (χ0n) is 8.36. The first-order valence-corrected chi connectivity index (χ1v) is 5.24. The van der Waals surface area contributed by atoms with Gasteiger partial charge in [-0.05, 0) is 25.3 Å². The van der Waals surface area contributed by atoms with Crippen LogP contribution in [0.25, 0.3) is 11.0 Å². The van der Waals surface area contributed by atoms with Crippen molar-refractivity contribution in [1.29, 1.82) is 5.26 Å². The smallest absolute Gasteiger partial charge is 0.134 e. The average molecular weight is 197 g/mol. The van der Waals surface area contributed by atoms with Crippen molar-refractivity contribution in [2.45, 2.75) is 24.7 Å². The maximum atomic E-state index is 9.28. The van der Waals surface area contributed by atoms with Gasteiger partial charge in [0, 0.05) is 10.9 Å². The minimum Gasteiger partial charge on any atom is -0.464 e. The van der Waals surface area contributed by atoms with E-state index in [9.17, 15) is 5.26 Å². The molecule has 1 fully saturated rings. The SMILES string of the molecule is N#CC1(c2coc3ccccc23)CCC1. The van der Waals surface area contributed by atoms with E-state index in [1.165, 1.54) is 0 Å². The molecule has 0 bridgehead atoms. The number of benzene rings is 1. The van der Waals surface area contributed by atoms with E-state index in [-0.39, 0.29) is 5.41 Å². The van der Waals surface area contributed by atoms with Crippen LogP contribution in [0.5, 0.6) is 0 Å². The fraction of sp³-hybridized carbons (Fsp3) is 0.308. The summed E-state index contributed by atoms with van der Waals surface area (Å²) in [4.78, 5) is 0. The summed E-state index contributed by atoms with van der Waals surface area (Å²) < 4.78 is 5.48. The molecule has 2 heteroatoms. The number of furan rings is 1. The number of nitriles is 1. The van der Waals surface area contributed by atoms with Crippen molar-refractivity contribution in [2.75, 3.05) is 0 Å². The predicted octanol–water partition coefficient (Wildman–Crippen LogP) is 3.38. The summed E-state index contributed by atoms with van der Waals surface area (Å²) in [5, 5.41) is 10.4. The van der Waals surface area contributed by atoms with Gasteiger partial charge in [0.05, 0.1) is 17.7 Å². The van der Waals surface area contributed by atoms with Gasteiger partial charge in [-0.25, -0.2) is 0 Å². The summed E-state index contributed by atoms with van der Waals surface area (Å²) in [6, 6.07) is 10.4. The highest BCUT2D eigenvalue weighted by Crippen LogP contribution is 2.46. The second-order valence-corrected chi connectivity index (χ2v) is 4.19. The summed E-state index contributed by atoms with van der Waals surface area (Å²) >= 11 is 0. The van der Waals surface area contributed by atoms with E-state index in [0.717, 1.165) is 35.8 Å². The van der Waals surface area contributed by atoms with Gasteiger partial charge in [-0.2, -0.15) is 5.26 Å². The molecule has 0 unspecified atom stereocenters. The van der Waals surface area contributed by atoms with Gasteiger partial charge in [-0.1, -0.05) is 18.2 Å². The highest BCUT2D eigenvalue weighted by Gasteiger charge is 2.41. The highest BCUT2D eigenvalue weighted by molar-refractivity contribution is 5.82. The lowest BCUT2D eigenvalue weighted by atomic mass is 9.65. The monoisotopic (exact) mass is 197 g/mol. The van der Waals surface area contributed by atoms with Gasteiger partial charge < -0.3 is 4.42 Å². The molecule has 1 heterocycles. The molecule has 15 heavy (non-hydrogen) atoms. The molecule has 1 saturated carbocycles. The van der Waals surface area contributed by atoms with E-state index in [4.69, 9.17) is 4.42 Å². The molecule has 1 aromatic carbocycles. The van der Waals surface area contributed by atoms with Crippen molar-refractivity contribution in [2.24, 2.45) is 0 Å². The lowest BCUT2D eigenvalue weighted by molar-refractivity contribution is 0.323. The van der Waals surface area contributed by atoms with Crippen molar-refractivity contribution >= 4 is 11.0 Å². The molecule has 1 aliphatic rings. The second-order valence-electron chi connectivity index (χ2n) is 4.19. The highest BCUT2D eigenvalue weighted by atomic mass is 16.3. The Kier molecular flexibility index (Phi) is 1.63. The van der Waals surface area contributed by atoms with Crippen molar-refractivity contribution < 1.29 is 4.42 Å². The summed E-state index contributed by atoms with van der Waals surface area (Å²) in [6.07, 6.45) is 4.83. The Balaban J connectivity index is 2.24. The van der Waals surface area contributed by atoms with Crippen molar-refractivity contribution in [1.82, 2.24) is 0 Å². The predicted molar refractivity (Wildman–Crippen MR) is 57.4 cm³/mol. The second kappa shape index (κ2) is 2.87. The van der Waals surface area contributed by atoms with Crippen LogP contribution in [-0.4, -0.2) is 0 Å². The Hall–Kier alpha value is -1.75. The standard InChI is InChI=1S/C13H11NO/c14-9-13(6-3-7-13)11-8-15-12-5-2-1-4-10(11)12/h1-2,4-5,8H,3,6-7H2. The molecule has 2 aromatic rings. The number of para-hydroxylation sites is 1. The molecule has 0 amide bonds. The zero-order valence-corrected chi connectivity index (χ0v) is 8.36. The van der Waals surface area contributed by atoms with Gasteiger partial charge in [0.15, 0.2) is 0 Å². The summed E-state index contributed by atoms with van der Waals surface area (Å²) in [6.45, 7) is 0. The molecule has 0 saturated heterocycles. The van der Waals surface area contributed by atoms with Crippen LogP contribution in [0.3, 0.4) is 0 Å². The van der Waals surface area contributed by atoms with Gasteiger partial charge in [0.2, 0.25) is 0 Å². The van der Waals surface area contributed by atoms with Crippen LogP contribution in [0.1, 0.15) is 24.8 Å². The zero-order chi connectivity index (χ0) is 10.3. The third kappa shape index (κ3) is 1.04. The van der Waals surface area contributed by atoms with Crippen LogP contribution in [0.15, 0.2) is 34.9 Å². The third-order valence-corrected chi connectivity index (χ3v) is 3.42.